The monoisotopic (exact) mass is 292 g/mol. The Morgan fingerprint density at radius 3 is 2.57 bits per heavy atom. The molecule has 0 aliphatic carbocycles. The predicted molar refractivity (Wildman–Crippen MR) is 73.4 cm³/mol. The van der Waals surface area contributed by atoms with Crippen molar-refractivity contribution in [3.8, 4) is 0 Å². The predicted octanol–water partition coefficient (Wildman–Crippen LogP) is -0.254. The summed E-state index contributed by atoms with van der Waals surface area (Å²) < 4.78 is 4.79. The SMILES string of the molecule is CCOC(=O)C(O)c1ccccc1N1CC(=O)NC(=O)C1. The molecule has 1 unspecified atom stereocenters. The number of nitrogens with one attached hydrogen (secondary N) is 1. The average Bonchev–Trinajstić information content (AvgIpc) is 2.45. The molecule has 1 aliphatic heterocycles. The maximum absolute atomic E-state index is 11.7. The van der Waals surface area contributed by atoms with Crippen LogP contribution >= 0.6 is 0 Å². The van der Waals surface area contributed by atoms with Gasteiger partial charge in [-0.2, -0.15) is 0 Å². The molecule has 2 amide bonds. The fraction of sp³-hybridized carbons (Fsp3) is 0.357. The molecule has 1 heterocycles. The Labute approximate surface area is 121 Å². The van der Waals surface area contributed by atoms with Crippen LogP contribution in [0.5, 0.6) is 0 Å². The van der Waals surface area contributed by atoms with Gasteiger partial charge in [-0.15, -0.1) is 0 Å². The first-order valence-corrected chi connectivity index (χ1v) is 6.54. The van der Waals surface area contributed by atoms with Crippen molar-refractivity contribution in [3.05, 3.63) is 29.8 Å². The molecule has 7 nitrogen and oxygen atoms in total. The van der Waals surface area contributed by atoms with Crippen molar-refractivity contribution in [2.75, 3.05) is 24.6 Å². The molecule has 0 bridgehead atoms. The molecule has 1 aromatic rings. The number of anilines is 1. The molecule has 0 spiro atoms. The zero-order valence-electron chi connectivity index (χ0n) is 11.5. The van der Waals surface area contributed by atoms with E-state index in [1.54, 1.807) is 31.2 Å². The number of imide groups is 1. The van der Waals surface area contributed by atoms with Crippen LogP contribution in [0.1, 0.15) is 18.6 Å². The maximum atomic E-state index is 11.7. The summed E-state index contributed by atoms with van der Waals surface area (Å²) in [4.78, 5) is 36.1. The number of carbonyl (C=O) groups excluding carboxylic acids is 3. The van der Waals surface area contributed by atoms with Gasteiger partial charge in [0, 0.05) is 11.3 Å². The second-order valence-corrected chi connectivity index (χ2v) is 4.54. The summed E-state index contributed by atoms with van der Waals surface area (Å²) in [7, 11) is 0. The van der Waals surface area contributed by atoms with E-state index >= 15 is 0 Å². The van der Waals surface area contributed by atoms with E-state index in [2.05, 4.69) is 5.32 Å². The minimum absolute atomic E-state index is 0.0156. The topological polar surface area (TPSA) is 95.9 Å². The van der Waals surface area contributed by atoms with Crippen LogP contribution in [-0.4, -0.2) is 42.6 Å². The summed E-state index contributed by atoms with van der Waals surface area (Å²) in [6.07, 6.45) is -1.46. The van der Waals surface area contributed by atoms with Crippen LogP contribution in [0.3, 0.4) is 0 Å². The van der Waals surface area contributed by atoms with Crippen LogP contribution < -0.4 is 10.2 Å². The second-order valence-electron chi connectivity index (χ2n) is 4.54. The van der Waals surface area contributed by atoms with E-state index in [9.17, 15) is 19.5 Å². The van der Waals surface area contributed by atoms with Crippen molar-refractivity contribution >= 4 is 23.5 Å². The van der Waals surface area contributed by atoms with Crippen LogP contribution in [0.4, 0.5) is 5.69 Å². The van der Waals surface area contributed by atoms with E-state index in [-0.39, 0.29) is 19.7 Å². The molecule has 1 saturated heterocycles. The number of rotatable bonds is 4. The molecular weight excluding hydrogens is 276 g/mol. The van der Waals surface area contributed by atoms with E-state index in [4.69, 9.17) is 4.74 Å². The molecule has 1 fully saturated rings. The minimum atomic E-state index is -1.46. The van der Waals surface area contributed by atoms with E-state index in [0.29, 0.717) is 11.3 Å². The quantitative estimate of drug-likeness (QED) is 0.586. The Balaban J connectivity index is 2.30. The van der Waals surface area contributed by atoms with Gasteiger partial charge in [0.1, 0.15) is 0 Å². The number of ether oxygens (including phenoxy) is 1. The third kappa shape index (κ3) is 3.38. The molecule has 2 N–H and O–H groups in total. The molecule has 0 saturated carbocycles. The molecule has 0 radical (unpaired) electrons. The molecule has 1 atom stereocenters. The highest BCUT2D eigenvalue weighted by Gasteiger charge is 2.28. The van der Waals surface area contributed by atoms with Crippen molar-refractivity contribution in [2.24, 2.45) is 0 Å². The van der Waals surface area contributed by atoms with Crippen molar-refractivity contribution < 1.29 is 24.2 Å². The highest BCUT2D eigenvalue weighted by molar-refractivity contribution is 6.03. The van der Waals surface area contributed by atoms with E-state index < -0.39 is 23.9 Å². The number of esters is 1. The largest absolute Gasteiger partial charge is 0.464 e. The number of hydrogen-bond acceptors (Lipinski definition) is 6. The number of nitrogens with zero attached hydrogens (tertiary/aromatic N) is 1. The minimum Gasteiger partial charge on any atom is -0.464 e. The number of amides is 2. The Bertz CT molecular complexity index is 556. The average molecular weight is 292 g/mol. The zero-order valence-corrected chi connectivity index (χ0v) is 11.5. The molecule has 1 aromatic carbocycles. The highest BCUT2D eigenvalue weighted by atomic mass is 16.5. The van der Waals surface area contributed by atoms with Gasteiger partial charge < -0.3 is 14.7 Å². The van der Waals surface area contributed by atoms with Crippen LogP contribution in [0, 0.1) is 0 Å². The molecule has 21 heavy (non-hydrogen) atoms. The third-order valence-corrected chi connectivity index (χ3v) is 3.03. The van der Waals surface area contributed by atoms with Crippen LogP contribution in [-0.2, 0) is 19.1 Å². The summed E-state index contributed by atoms with van der Waals surface area (Å²) in [6, 6.07) is 6.57. The van der Waals surface area contributed by atoms with E-state index in [1.165, 1.54) is 4.90 Å². The maximum Gasteiger partial charge on any atom is 0.339 e. The number of benzene rings is 1. The molecule has 2 rings (SSSR count). The van der Waals surface area contributed by atoms with Gasteiger partial charge in [-0.25, -0.2) is 4.79 Å². The Morgan fingerprint density at radius 2 is 1.95 bits per heavy atom. The first-order valence-electron chi connectivity index (χ1n) is 6.54. The van der Waals surface area contributed by atoms with Crippen molar-refractivity contribution in [2.45, 2.75) is 13.0 Å². The first kappa shape index (κ1) is 15.0. The third-order valence-electron chi connectivity index (χ3n) is 3.03. The summed E-state index contributed by atoms with van der Waals surface area (Å²) in [5.74, 6) is -1.61. The van der Waals surface area contributed by atoms with Crippen LogP contribution in [0.25, 0.3) is 0 Å². The number of piperazine rings is 1. The lowest BCUT2D eigenvalue weighted by atomic mass is 10.1. The summed E-state index contributed by atoms with van der Waals surface area (Å²) in [6.45, 7) is 1.77. The first-order chi connectivity index (χ1) is 10.0. The number of carbonyl (C=O) groups is 3. The van der Waals surface area contributed by atoms with Crippen LogP contribution in [0.2, 0.25) is 0 Å². The fourth-order valence-corrected chi connectivity index (χ4v) is 2.16. The highest BCUT2D eigenvalue weighted by Crippen LogP contribution is 2.27. The number of hydrogen-bond donors (Lipinski definition) is 2. The van der Waals surface area contributed by atoms with Gasteiger partial charge in [-0.3, -0.25) is 14.9 Å². The van der Waals surface area contributed by atoms with Gasteiger partial charge in [0.25, 0.3) is 0 Å². The van der Waals surface area contributed by atoms with Gasteiger partial charge in [-0.1, -0.05) is 18.2 Å². The lowest BCUT2D eigenvalue weighted by Gasteiger charge is -2.29. The van der Waals surface area contributed by atoms with Crippen molar-refractivity contribution in [1.29, 1.82) is 0 Å². The molecule has 0 aromatic heterocycles. The van der Waals surface area contributed by atoms with E-state index in [1.807, 2.05) is 0 Å². The Hall–Kier alpha value is -2.41. The lowest BCUT2D eigenvalue weighted by molar-refractivity contribution is -0.153. The molecule has 1 aliphatic rings. The zero-order chi connectivity index (χ0) is 15.4. The van der Waals surface area contributed by atoms with Gasteiger partial charge >= 0.3 is 5.97 Å². The standard InChI is InChI=1S/C14H16N2O5/c1-2-21-14(20)13(19)9-5-3-4-6-10(9)16-7-11(17)15-12(18)8-16/h3-6,13,19H,2,7-8H2,1H3,(H,15,17,18). The Kier molecular flexibility index (Phi) is 4.54. The smallest absolute Gasteiger partial charge is 0.339 e. The van der Waals surface area contributed by atoms with Crippen LogP contribution in [0.15, 0.2) is 24.3 Å². The van der Waals surface area contributed by atoms with E-state index in [0.717, 1.165) is 0 Å². The Morgan fingerprint density at radius 1 is 1.33 bits per heavy atom. The molecule has 112 valence electrons. The number of aliphatic hydroxyl groups excluding tert-OH is 1. The second kappa shape index (κ2) is 6.36. The summed E-state index contributed by atoms with van der Waals surface area (Å²) in [5, 5.41) is 12.3. The van der Waals surface area contributed by atoms with Crippen molar-refractivity contribution in [3.63, 3.8) is 0 Å². The van der Waals surface area contributed by atoms with Gasteiger partial charge in [-0.05, 0) is 13.0 Å². The molecule has 7 heteroatoms. The summed E-state index contributed by atoms with van der Waals surface area (Å²) >= 11 is 0. The van der Waals surface area contributed by atoms with Gasteiger partial charge in [0.15, 0.2) is 6.10 Å². The van der Waals surface area contributed by atoms with Crippen molar-refractivity contribution in [1.82, 2.24) is 5.32 Å². The number of para-hydroxylation sites is 1. The fourth-order valence-electron chi connectivity index (χ4n) is 2.16. The molecular formula is C14H16N2O5. The number of aliphatic hydroxyl groups is 1. The lowest BCUT2D eigenvalue weighted by Crippen LogP contribution is -2.51. The van der Waals surface area contributed by atoms with Gasteiger partial charge in [0.2, 0.25) is 11.8 Å². The normalized spacial score (nSPS) is 16.4. The van der Waals surface area contributed by atoms with Gasteiger partial charge in [0.05, 0.1) is 19.7 Å². The summed E-state index contributed by atoms with van der Waals surface area (Å²) in [5.41, 5.74) is 0.764.